The minimum atomic E-state index is 0.0838. The number of nitrogens with zero attached hydrogens (tertiary/aromatic N) is 4. The second kappa shape index (κ2) is 7.12. The summed E-state index contributed by atoms with van der Waals surface area (Å²) in [5.41, 5.74) is 6.26. The van der Waals surface area contributed by atoms with Crippen LogP contribution in [0.3, 0.4) is 0 Å². The Hall–Kier alpha value is -2.95. The Bertz CT molecular complexity index is 944. The summed E-state index contributed by atoms with van der Waals surface area (Å²) >= 11 is 0. The molecule has 5 heteroatoms. The molecule has 0 saturated heterocycles. The van der Waals surface area contributed by atoms with Crippen molar-refractivity contribution < 1.29 is 4.84 Å². The van der Waals surface area contributed by atoms with Gasteiger partial charge in [-0.2, -0.15) is 5.10 Å². The number of aryl methyl sites for hydroxylation is 1. The van der Waals surface area contributed by atoms with Gasteiger partial charge in [0.25, 0.3) is 0 Å². The summed E-state index contributed by atoms with van der Waals surface area (Å²) in [6.07, 6.45) is 3.92. The topological polar surface area (TPSA) is 52.3 Å². The van der Waals surface area contributed by atoms with E-state index in [0.717, 1.165) is 46.8 Å². The van der Waals surface area contributed by atoms with Crippen molar-refractivity contribution in [2.75, 3.05) is 0 Å². The van der Waals surface area contributed by atoms with Gasteiger partial charge in [0.1, 0.15) is 0 Å². The maximum Gasteiger partial charge on any atom is 0.152 e. The van der Waals surface area contributed by atoms with Gasteiger partial charge in [-0.25, -0.2) is 0 Å². The fourth-order valence-electron chi connectivity index (χ4n) is 3.16. The molecule has 26 heavy (non-hydrogen) atoms. The zero-order valence-electron chi connectivity index (χ0n) is 15.1. The SMILES string of the molecule is CCC1=NO[C@@H](Cn2ccc(-c3cccc(-c4cccc(C)n4)c3)n2)C1. The predicted molar refractivity (Wildman–Crippen MR) is 103 cm³/mol. The lowest BCUT2D eigenvalue weighted by Crippen LogP contribution is -2.16. The molecule has 2 aromatic heterocycles. The van der Waals surface area contributed by atoms with Crippen molar-refractivity contribution in [1.29, 1.82) is 0 Å². The van der Waals surface area contributed by atoms with Crippen molar-refractivity contribution in [3.63, 3.8) is 0 Å². The predicted octanol–water partition coefficient (Wildman–Crippen LogP) is 4.48. The average Bonchev–Trinajstić information content (AvgIpc) is 3.32. The fourth-order valence-corrected chi connectivity index (χ4v) is 3.16. The van der Waals surface area contributed by atoms with E-state index in [1.165, 1.54) is 0 Å². The fraction of sp³-hybridized carbons (Fsp3) is 0.286. The van der Waals surface area contributed by atoms with Crippen molar-refractivity contribution in [3.8, 4) is 22.5 Å². The summed E-state index contributed by atoms with van der Waals surface area (Å²) in [4.78, 5) is 10.1. The number of hydrogen-bond donors (Lipinski definition) is 0. The Kier molecular flexibility index (Phi) is 4.52. The lowest BCUT2D eigenvalue weighted by molar-refractivity contribution is 0.0698. The van der Waals surface area contributed by atoms with Crippen LogP contribution in [0.2, 0.25) is 0 Å². The van der Waals surface area contributed by atoms with E-state index in [1.807, 2.05) is 42.1 Å². The third-order valence-electron chi connectivity index (χ3n) is 4.58. The second-order valence-corrected chi connectivity index (χ2v) is 6.61. The highest BCUT2D eigenvalue weighted by Gasteiger charge is 2.20. The van der Waals surface area contributed by atoms with Gasteiger partial charge >= 0.3 is 0 Å². The first kappa shape index (κ1) is 16.5. The monoisotopic (exact) mass is 346 g/mol. The molecule has 0 fully saturated rings. The molecule has 0 aliphatic carbocycles. The number of rotatable bonds is 5. The van der Waals surface area contributed by atoms with Crippen molar-refractivity contribution in [1.82, 2.24) is 14.8 Å². The highest BCUT2D eigenvalue weighted by atomic mass is 16.6. The van der Waals surface area contributed by atoms with Crippen molar-refractivity contribution in [3.05, 3.63) is 60.4 Å². The van der Waals surface area contributed by atoms with Gasteiger partial charge in [0, 0.05) is 29.4 Å². The van der Waals surface area contributed by atoms with E-state index in [-0.39, 0.29) is 6.10 Å². The van der Waals surface area contributed by atoms with Gasteiger partial charge in [0.2, 0.25) is 0 Å². The number of aromatic nitrogens is 3. The maximum absolute atomic E-state index is 5.48. The Morgan fingerprint density at radius 2 is 1.88 bits per heavy atom. The van der Waals surface area contributed by atoms with Crippen LogP contribution in [-0.2, 0) is 11.4 Å². The third kappa shape index (κ3) is 3.52. The molecule has 1 aliphatic rings. The van der Waals surface area contributed by atoms with Crippen LogP contribution in [0.5, 0.6) is 0 Å². The van der Waals surface area contributed by atoms with Gasteiger partial charge in [-0.05, 0) is 37.6 Å². The lowest BCUT2D eigenvalue weighted by Gasteiger charge is -2.08. The highest BCUT2D eigenvalue weighted by Crippen LogP contribution is 2.25. The number of oxime groups is 1. The maximum atomic E-state index is 5.48. The van der Waals surface area contributed by atoms with E-state index in [2.05, 4.69) is 41.3 Å². The molecular weight excluding hydrogens is 324 g/mol. The van der Waals surface area contributed by atoms with E-state index in [9.17, 15) is 0 Å². The average molecular weight is 346 g/mol. The molecule has 0 N–H and O–H groups in total. The van der Waals surface area contributed by atoms with Crippen LogP contribution in [0, 0.1) is 6.92 Å². The molecule has 0 spiro atoms. The van der Waals surface area contributed by atoms with E-state index in [0.29, 0.717) is 6.54 Å². The molecule has 1 atom stereocenters. The van der Waals surface area contributed by atoms with Gasteiger partial charge < -0.3 is 4.84 Å². The largest absolute Gasteiger partial charge is 0.390 e. The van der Waals surface area contributed by atoms with Crippen LogP contribution in [0.4, 0.5) is 0 Å². The van der Waals surface area contributed by atoms with Crippen LogP contribution >= 0.6 is 0 Å². The first-order chi connectivity index (χ1) is 12.7. The van der Waals surface area contributed by atoms with Crippen molar-refractivity contribution >= 4 is 5.71 Å². The minimum Gasteiger partial charge on any atom is -0.390 e. The van der Waals surface area contributed by atoms with Crippen LogP contribution in [-0.4, -0.2) is 26.6 Å². The normalized spacial score (nSPS) is 16.4. The molecule has 0 saturated carbocycles. The standard InChI is InChI=1S/C21H22N4O/c1-3-18-13-19(26-24-18)14-25-11-10-21(23-25)17-8-5-7-16(12-17)20-9-4-6-15(2)22-20/h4-12,19H,3,13-14H2,1-2H3/t19-/m1/s1. The number of hydrogen-bond acceptors (Lipinski definition) is 4. The van der Waals surface area contributed by atoms with E-state index >= 15 is 0 Å². The second-order valence-electron chi connectivity index (χ2n) is 6.61. The van der Waals surface area contributed by atoms with E-state index in [4.69, 9.17) is 9.94 Å². The van der Waals surface area contributed by atoms with Gasteiger partial charge in [-0.3, -0.25) is 9.67 Å². The zero-order valence-corrected chi connectivity index (χ0v) is 15.1. The van der Waals surface area contributed by atoms with Gasteiger partial charge in [-0.1, -0.05) is 36.3 Å². The van der Waals surface area contributed by atoms with Crippen molar-refractivity contribution in [2.24, 2.45) is 5.16 Å². The third-order valence-corrected chi connectivity index (χ3v) is 4.58. The summed E-state index contributed by atoms with van der Waals surface area (Å²) in [6, 6.07) is 16.5. The molecule has 0 unspecified atom stereocenters. The molecule has 4 rings (SSSR count). The molecule has 0 amide bonds. The molecule has 0 radical (unpaired) electrons. The number of benzene rings is 1. The quantitative estimate of drug-likeness (QED) is 0.684. The molecule has 5 nitrogen and oxygen atoms in total. The molecule has 1 aromatic carbocycles. The summed E-state index contributed by atoms with van der Waals surface area (Å²) in [5, 5.41) is 8.83. The number of pyridine rings is 1. The van der Waals surface area contributed by atoms with Crippen LogP contribution in [0.1, 0.15) is 25.5 Å². The van der Waals surface area contributed by atoms with E-state index < -0.39 is 0 Å². The first-order valence-corrected chi connectivity index (χ1v) is 9.01. The summed E-state index contributed by atoms with van der Waals surface area (Å²) < 4.78 is 1.94. The zero-order chi connectivity index (χ0) is 17.9. The van der Waals surface area contributed by atoms with E-state index in [1.54, 1.807) is 0 Å². The van der Waals surface area contributed by atoms with Crippen molar-refractivity contribution in [2.45, 2.75) is 39.3 Å². The minimum absolute atomic E-state index is 0.0838. The summed E-state index contributed by atoms with van der Waals surface area (Å²) in [6.45, 7) is 4.83. The molecule has 0 bridgehead atoms. The van der Waals surface area contributed by atoms with Gasteiger partial charge in [-0.15, -0.1) is 0 Å². The summed E-state index contributed by atoms with van der Waals surface area (Å²) in [5.74, 6) is 0. The smallest absolute Gasteiger partial charge is 0.152 e. The van der Waals surface area contributed by atoms with Gasteiger partial charge in [0.15, 0.2) is 6.10 Å². The molecule has 132 valence electrons. The van der Waals surface area contributed by atoms with Crippen LogP contribution in [0.25, 0.3) is 22.5 Å². The Labute approximate surface area is 153 Å². The first-order valence-electron chi connectivity index (χ1n) is 9.01. The molecule has 3 heterocycles. The lowest BCUT2D eigenvalue weighted by atomic mass is 10.1. The Balaban J connectivity index is 1.52. The Morgan fingerprint density at radius 1 is 1.08 bits per heavy atom. The van der Waals surface area contributed by atoms with Gasteiger partial charge in [0.05, 0.1) is 23.6 Å². The molecule has 3 aromatic rings. The van der Waals surface area contributed by atoms with Crippen LogP contribution in [0.15, 0.2) is 59.9 Å². The molecule has 1 aliphatic heterocycles. The molecular formula is C21H22N4O. The van der Waals surface area contributed by atoms with Crippen LogP contribution < -0.4 is 0 Å². The highest BCUT2D eigenvalue weighted by molar-refractivity contribution is 5.85. The Morgan fingerprint density at radius 3 is 2.65 bits per heavy atom. The summed E-state index contributed by atoms with van der Waals surface area (Å²) in [7, 11) is 0.